The number of carbonyl (C=O) groups excluding carboxylic acids is 1. The molecule has 1 aromatic heterocycles. The molecule has 3 aliphatic rings. The number of rotatable bonds is 11. The zero-order valence-electron chi connectivity index (χ0n) is 32.5. The van der Waals surface area contributed by atoms with E-state index >= 15 is 0 Å². The summed E-state index contributed by atoms with van der Waals surface area (Å²) in [5.41, 5.74) is 4.53. The van der Waals surface area contributed by atoms with Gasteiger partial charge >= 0.3 is 0 Å². The summed E-state index contributed by atoms with van der Waals surface area (Å²) in [7, 11) is -3.78. The third-order valence-electron chi connectivity index (χ3n) is 13.2. The molecular weight excluding hydrogens is 631 g/mol. The Morgan fingerprint density at radius 3 is 2.15 bits per heavy atom. The maximum Gasteiger partial charge on any atom is 0.192 e. The average Bonchev–Trinajstić information content (AvgIpc) is 3.53. The Morgan fingerprint density at radius 2 is 1.62 bits per heavy atom. The van der Waals surface area contributed by atoms with Gasteiger partial charge in [-0.15, -0.1) is 11.3 Å². The lowest BCUT2D eigenvalue weighted by atomic mass is 9.60. The second kappa shape index (κ2) is 14.8. The van der Waals surface area contributed by atoms with Gasteiger partial charge in [-0.05, 0) is 131 Å². The van der Waals surface area contributed by atoms with E-state index in [2.05, 4.69) is 98.7 Å². The predicted octanol–water partition coefficient (Wildman–Crippen LogP) is 12.5. The average molecular weight is 700 g/mol. The Balaban J connectivity index is 1.47. The quantitative estimate of drug-likeness (QED) is 0.170. The first-order chi connectivity index (χ1) is 21.6. The molecule has 0 N–H and O–H groups in total. The van der Waals surface area contributed by atoms with Crippen molar-refractivity contribution in [1.82, 2.24) is 4.98 Å². The second-order valence-electron chi connectivity index (χ2n) is 18.9. The van der Waals surface area contributed by atoms with E-state index in [-0.39, 0.29) is 28.1 Å². The molecule has 3 fully saturated rings. The smallest absolute Gasteiger partial charge is 0.192 e. The van der Waals surface area contributed by atoms with Crippen molar-refractivity contribution in [2.75, 3.05) is 0 Å². The molecule has 0 spiro atoms. The molecule has 0 aromatic carbocycles. The number of allylic oxidation sites excluding steroid dienone is 3. The van der Waals surface area contributed by atoms with Crippen LogP contribution in [0.3, 0.4) is 0 Å². The lowest BCUT2D eigenvalue weighted by Gasteiger charge is -2.45. The van der Waals surface area contributed by atoms with Gasteiger partial charge in [0.2, 0.25) is 0 Å². The first kappa shape index (κ1) is 38.9. The number of thiazole rings is 1. The van der Waals surface area contributed by atoms with Crippen LogP contribution in [0.2, 0.25) is 36.3 Å². The lowest BCUT2D eigenvalue weighted by Crippen LogP contribution is -2.48. The van der Waals surface area contributed by atoms with Gasteiger partial charge in [0.1, 0.15) is 0 Å². The number of fused-ring (bicyclic) bond motifs is 1. The number of hydrogen-bond donors (Lipinski definition) is 0. The van der Waals surface area contributed by atoms with E-state index in [1.54, 1.807) is 5.57 Å². The number of carbonyl (C=O) groups is 1. The molecule has 0 aliphatic heterocycles. The maximum atomic E-state index is 12.7. The standard InChI is InChI=1S/C40H69NO3SSi2/c1-28(16-14-18-36(42)37-41-29(2)27-45-37)34-21-22-35-31(17-15-23-40(34,35)9)20-19-30-24-32(43-46(10,11)38(3,4)5)26-33(25-30)44-47(12,13)39(6,7)8/h19-20,27-28,32-35H,14-18,21-26H2,1-13H3/b31-20+/t28-,32-,33-,34-,35+,40-/m1/s1. The molecule has 3 saturated carbocycles. The zero-order valence-corrected chi connectivity index (χ0v) is 35.3. The molecule has 0 radical (unpaired) electrons. The van der Waals surface area contributed by atoms with Crippen molar-refractivity contribution in [2.24, 2.45) is 23.2 Å². The highest BCUT2D eigenvalue weighted by Gasteiger charge is 2.50. The van der Waals surface area contributed by atoms with Crippen LogP contribution in [0.4, 0.5) is 0 Å². The summed E-state index contributed by atoms with van der Waals surface area (Å²) in [6, 6.07) is 0. The Labute approximate surface area is 295 Å². The normalized spacial score (nSPS) is 29.2. The highest BCUT2D eigenvalue weighted by Crippen LogP contribution is 2.60. The molecule has 266 valence electrons. The predicted molar refractivity (Wildman–Crippen MR) is 207 cm³/mol. The van der Waals surface area contributed by atoms with Gasteiger partial charge < -0.3 is 8.85 Å². The number of aromatic nitrogens is 1. The summed E-state index contributed by atoms with van der Waals surface area (Å²) in [6.07, 6.45) is 17.9. The summed E-state index contributed by atoms with van der Waals surface area (Å²) in [4.78, 5) is 17.1. The number of Topliss-reactive ketones (excluding diaryl/α,β-unsaturated/α-hetero) is 1. The summed E-state index contributed by atoms with van der Waals surface area (Å²) >= 11 is 1.50. The fourth-order valence-electron chi connectivity index (χ4n) is 8.44. The van der Waals surface area contributed by atoms with Gasteiger partial charge in [-0.25, -0.2) is 4.98 Å². The third kappa shape index (κ3) is 9.28. The second-order valence-corrected chi connectivity index (χ2v) is 29.3. The highest BCUT2D eigenvalue weighted by molar-refractivity contribution is 7.11. The monoisotopic (exact) mass is 699 g/mol. The number of nitrogens with zero attached hydrogens (tertiary/aromatic N) is 1. The molecule has 7 heteroatoms. The summed E-state index contributed by atoms with van der Waals surface area (Å²) in [6.45, 7) is 30.7. The van der Waals surface area contributed by atoms with Crippen LogP contribution < -0.4 is 0 Å². The van der Waals surface area contributed by atoms with Crippen molar-refractivity contribution in [3.05, 3.63) is 39.4 Å². The molecule has 0 amide bonds. The van der Waals surface area contributed by atoms with Crippen molar-refractivity contribution >= 4 is 33.8 Å². The van der Waals surface area contributed by atoms with E-state index in [9.17, 15) is 4.79 Å². The Kier molecular flexibility index (Phi) is 12.2. The van der Waals surface area contributed by atoms with Gasteiger partial charge in [0.05, 0.1) is 12.2 Å². The number of ketones is 1. The minimum Gasteiger partial charge on any atom is -0.414 e. The van der Waals surface area contributed by atoms with Crippen LogP contribution in [-0.2, 0) is 8.85 Å². The van der Waals surface area contributed by atoms with Crippen LogP contribution in [0.15, 0.2) is 28.7 Å². The fourth-order valence-corrected chi connectivity index (χ4v) is 11.9. The van der Waals surface area contributed by atoms with Crippen molar-refractivity contribution in [1.29, 1.82) is 0 Å². The molecule has 4 rings (SSSR count). The number of aryl methyl sites for hydroxylation is 1. The molecule has 1 heterocycles. The largest absolute Gasteiger partial charge is 0.414 e. The van der Waals surface area contributed by atoms with E-state index in [0.29, 0.717) is 28.7 Å². The van der Waals surface area contributed by atoms with Crippen LogP contribution in [0, 0.1) is 30.1 Å². The van der Waals surface area contributed by atoms with E-state index in [0.717, 1.165) is 43.7 Å². The summed E-state index contributed by atoms with van der Waals surface area (Å²) in [5, 5.41) is 3.07. The summed E-state index contributed by atoms with van der Waals surface area (Å²) < 4.78 is 14.2. The topological polar surface area (TPSA) is 48.4 Å². The molecule has 0 bridgehead atoms. The minimum atomic E-state index is -1.89. The van der Waals surface area contributed by atoms with Crippen molar-refractivity contribution in [3.8, 4) is 0 Å². The van der Waals surface area contributed by atoms with Gasteiger partial charge in [-0.2, -0.15) is 0 Å². The van der Waals surface area contributed by atoms with Crippen LogP contribution in [0.5, 0.6) is 0 Å². The molecule has 0 saturated heterocycles. The molecule has 3 aliphatic carbocycles. The van der Waals surface area contributed by atoms with Crippen molar-refractivity contribution < 1.29 is 13.6 Å². The molecule has 1 aromatic rings. The van der Waals surface area contributed by atoms with Crippen molar-refractivity contribution in [2.45, 2.75) is 181 Å². The highest BCUT2D eigenvalue weighted by atomic mass is 32.1. The Hall–Kier alpha value is -0.866. The molecule has 6 atom stereocenters. The first-order valence-electron chi connectivity index (χ1n) is 18.8. The van der Waals surface area contributed by atoms with Crippen molar-refractivity contribution in [3.63, 3.8) is 0 Å². The van der Waals surface area contributed by atoms with Crippen LogP contribution in [-0.4, -0.2) is 39.6 Å². The van der Waals surface area contributed by atoms with Crippen LogP contribution >= 0.6 is 11.3 Å². The van der Waals surface area contributed by atoms with Gasteiger partial charge in [0.15, 0.2) is 27.4 Å². The fraction of sp³-hybridized carbons (Fsp3) is 0.800. The van der Waals surface area contributed by atoms with Gasteiger partial charge in [-0.1, -0.05) is 78.7 Å². The van der Waals surface area contributed by atoms with Crippen LogP contribution in [0.1, 0.15) is 142 Å². The van der Waals surface area contributed by atoms with Gasteiger partial charge in [-0.3, -0.25) is 4.79 Å². The molecular formula is C40H69NO3SSi2. The minimum absolute atomic E-state index is 0.199. The van der Waals surface area contributed by atoms with Gasteiger partial charge in [0.25, 0.3) is 0 Å². The summed E-state index contributed by atoms with van der Waals surface area (Å²) in [5.74, 6) is 2.29. The maximum absolute atomic E-state index is 12.7. The Bertz CT molecular complexity index is 1260. The first-order valence-corrected chi connectivity index (χ1v) is 25.5. The number of hydrogen-bond acceptors (Lipinski definition) is 5. The van der Waals surface area contributed by atoms with Crippen LogP contribution in [0.25, 0.3) is 0 Å². The third-order valence-corrected chi connectivity index (χ3v) is 23.3. The zero-order chi connectivity index (χ0) is 35.0. The molecule has 47 heavy (non-hydrogen) atoms. The van der Waals surface area contributed by atoms with Gasteiger partial charge in [0, 0.05) is 17.5 Å². The molecule has 0 unspecified atom stereocenters. The van der Waals surface area contributed by atoms with E-state index < -0.39 is 16.6 Å². The lowest BCUT2D eigenvalue weighted by molar-refractivity contribution is 0.0724. The SMILES string of the molecule is Cc1csc(C(=O)CCC[C@@H](C)[C@H]2CC[C@H]3/C(=C/C=C4C[C@@H](O[Si](C)(C)C(C)(C)C)C[C@H](O[Si](C)(C)C(C)(C)C)C4)CCC[C@]23C)n1. The molecule has 4 nitrogen and oxygen atoms in total. The van der Waals surface area contributed by atoms with E-state index in [4.69, 9.17) is 8.85 Å². The Morgan fingerprint density at radius 1 is 1.02 bits per heavy atom. The van der Waals surface area contributed by atoms with E-state index in [1.165, 1.54) is 49.0 Å². The van der Waals surface area contributed by atoms with E-state index in [1.807, 2.05) is 12.3 Å².